The number of nitrogens with zero attached hydrogens (tertiary/aromatic N) is 1. The van der Waals surface area contributed by atoms with E-state index in [9.17, 15) is 13.7 Å². The Labute approximate surface area is 127 Å². The lowest BCUT2D eigenvalue weighted by Crippen LogP contribution is -2.46. The fourth-order valence-corrected chi connectivity index (χ4v) is 4.77. The van der Waals surface area contributed by atoms with Crippen molar-refractivity contribution in [2.45, 2.75) is 57.9 Å². The second-order valence-electron chi connectivity index (χ2n) is 6.28. The van der Waals surface area contributed by atoms with Gasteiger partial charge in [-0.15, -0.1) is 0 Å². The molecule has 0 heterocycles. The summed E-state index contributed by atoms with van der Waals surface area (Å²) in [4.78, 5) is 0.321. The van der Waals surface area contributed by atoms with E-state index in [0.29, 0.717) is 4.90 Å². The van der Waals surface area contributed by atoms with Crippen LogP contribution in [0.1, 0.15) is 42.0 Å². The minimum atomic E-state index is -3.71. The molecule has 0 radical (unpaired) electrons. The monoisotopic (exact) mass is 306 g/mol. The van der Waals surface area contributed by atoms with E-state index in [0.717, 1.165) is 35.1 Å². The number of hydrogen-bond donors (Lipinski definition) is 1. The SMILES string of the molecule is Cc1cc(C)c(C)c(S(=O)(=O)N[C@](C)(C#N)C2CC2)c1C. The van der Waals surface area contributed by atoms with Gasteiger partial charge in [0.25, 0.3) is 0 Å². The molecule has 0 aliphatic heterocycles. The first-order chi connectivity index (χ1) is 9.62. The van der Waals surface area contributed by atoms with E-state index in [-0.39, 0.29) is 5.92 Å². The maximum Gasteiger partial charge on any atom is 0.242 e. The first-order valence-corrected chi connectivity index (χ1v) is 8.63. The normalized spacial score (nSPS) is 18.1. The van der Waals surface area contributed by atoms with Crippen LogP contribution in [-0.2, 0) is 10.0 Å². The Morgan fingerprint density at radius 1 is 1.19 bits per heavy atom. The maximum atomic E-state index is 12.8. The summed E-state index contributed by atoms with van der Waals surface area (Å²) in [7, 11) is -3.71. The highest BCUT2D eigenvalue weighted by Gasteiger charge is 2.45. The molecule has 0 spiro atoms. The second-order valence-corrected chi connectivity index (χ2v) is 7.90. The van der Waals surface area contributed by atoms with E-state index < -0.39 is 15.6 Å². The summed E-state index contributed by atoms with van der Waals surface area (Å²) >= 11 is 0. The van der Waals surface area contributed by atoms with Gasteiger partial charge in [0, 0.05) is 0 Å². The van der Waals surface area contributed by atoms with Gasteiger partial charge >= 0.3 is 0 Å². The smallest absolute Gasteiger partial charge is 0.207 e. The molecule has 0 unspecified atom stereocenters. The molecule has 1 fully saturated rings. The van der Waals surface area contributed by atoms with Gasteiger partial charge in [0.05, 0.1) is 11.0 Å². The zero-order chi connectivity index (χ0) is 16.0. The second kappa shape index (κ2) is 5.11. The number of hydrogen-bond acceptors (Lipinski definition) is 3. The predicted molar refractivity (Wildman–Crippen MR) is 82.5 cm³/mol. The van der Waals surface area contributed by atoms with Crippen molar-refractivity contribution in [3.05, 3.63) is 28.3 Å². The highest BCUT2D eigenvalue weighted by atomic mass is 32.2. The summed E-state index contributed by atoms with van der Waals surface area (Å²) in [5.41, 5.74) is 2.38. The molecule has 1 N–H and O–H groups in total. The summed E-state index contributed by atoms with van der Waals surface area (Å²) in [5.74, 6) is 0.115. The van der Waals surface area contributed by atoms with Crippen LogP contribution in [0.25, 0.3) is 0 Å². The fourth-order valence-electron chi connectivity index (χ4n) is 2.77. The van der Waals surface area contributed by atoms with E-state index >= 15 is 0 Å². The predicted octanol–water partition coefficient (Wildman–Crippen LogP) is 2.89. The van der Waals surface area contributed by atoms with Gasteiger partial charge in [-0.05, 0) is 75.6 Å². The molecule has 1 aromatic carbocycles. The maximum absolute atomic E-state index is 12.8. The Kier molecular flexibility index (Phi) is 3.90. The van der Waals surface area contributed by atoms with Crippen LogP contribution in [0.15, 0.2) is 11.0 Å². The summed E-state index contributed by atoms with van der Waals surface area (Å²) < 4.78 is 28.3. The Bertz CT molecular complexity index is 701. The Morgan fingerprint density at radius 3 is 2.05 bits per heavy atom. The quantitative estimate of drug-likeness (QED) is 0.930. The van der Waals surface area contributed by atoms with Gasteiger partial charge in [-0.3, -0.25) is 0 Å². The van der Waals surface area contributed by atoms with Crippen LogP contribution in [0.4, 0.5) is 0 Å². The van der Waals surface area contributed by atoms with Crippen molar-refractivity contribution >= 4 is 10.0 Å². The highest BCUT2D eigenvalue weighted by Crippen LogP contribution is 2.40. The van der Waals surface area contributed by atoms with Crippen molar-refractivity contribution in [1.82, 2.24) is 4.72 Å². The average molecular weight is 306 g/mol. The lowest BCUT2D eigenvalue weighted by molar-refractivity contribution is 0.458. The van der Waals surface area contributed by atoms with Gasteiger partial charge in [0.2, 0.25) is 10.0 Å². The van der Waals surface area contributed by atoms with Crippen molar-refractivity contribution in [2.75, 3.05) is 0 Å². The largest absolute Gasteiger partial charge is 0.242 e. The van der Waals surface area contributed by atoms with Crippen LogP contribution in [0.2, 0.25) is 0 Å². The molecule has 4 nitrogen and oxygen atoms in total. The molecule has 0 saturated heterocycles. The van der Waals surface area contributed by atoms with E-state index in [4.69, 9.17) is 0 Å². The number of aryl methyl sites for hydroxylation is 2. The molecule has 1 aromatic rings. The number of nitrogens with one attached hydrogen (secondary N) is 1. The van der Waals surface area contributed by atoms with Crippen LogP contribution >= 0.6 is 0 Å². The van der Waals surface area contributed by atoms with Crippen LogP contribution in [-0.4, -0.2) is 14.0 Å². The Morgan fingerprint density at radius 2 is 1.67 bits per heavy atom. The molecular weight excluding hydrogens is 284 g/mol. The molecule has 0 aromatic heterocycles. The zero-order valence-electron chi connectivity index (χ0n) is 13.2. The van der Waals surface area contributed by atoms with Crippen LogP contribution in [0.3, 0.4) is 0 Å². The number of benzene rings is 1. The standard InChI is InChI=1S/C16H22N2O2S/c1-10-8-11(2)13(4)15(12(10)3)21(19,20)18-16(5,9-17)14-6-7-14/h8,14,18H,6-7H2,1-5H3/t16-/m1/s1. The van der Waals surface area contributed by atoms with E-state index in [1.54, 1.807) is 6.92 Å². The van der Waals surface area contributed by atoms with Crippen molar-refractivity contribution in [1.29, 1.82) is 5.26 Å². The molecule has 1 saturated carbocycles. The molecule has 0 bridgehead atoms. The number of rotatable bonds is 4. The van der Waals surface area contributed by atoms with Crippen molar-refractivity contribution < 1.29 is 8.42 Å². The lowest BCUT2D eigenvalue weighted by Gasteiger charge is -2.25. The van der Waals surface area contributed by atoms with Crippen molar-refractivity contribution in [3.63, 3.8) is 0 Å². The van der Waals surface area contributed by atoms with Crippen LogP contribution in [0.5, 0.6) is 0 Å². The van der Waals surface area contributed by atoms with Gasteiger partial charge < -0.3 is 0 Å². The summed E-state index contributed by atoms with van der Waals surface area (Å²) in [6.07, 6.45) is 1.80. The third-order valence-corrected chi connectivity index (χ3v) is 6.38. The molecule has 2 rings (SSSR count). The molecule has 1 aliphatic carbocycles. The summed E-state index contributed by atoms with van der Waals surface area (Å²) in [6.45, 7) is 9.13. The van der Waals surface area contributed by atoms with Crippen molar-refractivity contribution in [3.8, 4) is 6.07 Å². The van der Waals surface area contributed by atoms with Crippen LogP contribution in [0, 0.1) is 44.9 Å². The third kappa shape index (κ3) is 2.83. The van der Waals surface area contributed by atoms with Gasteiger partial charge in [0.15, 0.2) is 0 Å². The van der Waals surface area contributed by atoms with Gasteiger partial charge in [-0.25, -0.2) is 8.42 Å². The van der Waals surface area contributed by atoms with E-state index in [1.165, 1.54) is 0 Å². The minimum absolute atomic E-state index is 0.115. The van der Waals surface area contributed by atoms with E-state index in [1.807, 2.05) is 33.8 Å². The number of nitriles is 1. The molecule has 5 heteroatoms. The summed E-state index contributed by atoms with van der Waals surface area (Å²) in [6, 6.07) is 4.14. The van der Waals surface area contributed by atoms with E-state index in [2.05, 4.69) is 10.8 Å². The van der Waals surface area contributed by atoms with Crippen molar-refractivity contribution in [2.24, 2.45) is 5.92 Å². The van der Waals surface area contributed by atoms with Gasteiger partial charge in [-0.1, -0.05) is 6.07 Å². The third-order valence-electron chi connectivity index (χ3n) is 4.54. The van der Waals surface area contributed by atoms with Crippen LogP contribution < -0.4 is 4.72 Å². The van der Waals surface area contributed by atoms with Gasteiger partial charge in [0.1, 0.15) is 5.54 Å². The molecule has 114 valence electrons. The number of sulfonamides is 1. The van der Waals surface area contributed by atoms with Gasteiger partial charge in [-0.2, -0.15) is 9.98 Å². The highest BCUT2D eigenvalue weighted by molar-refractivity contribution is 7.89. The molecule has 21 heavy (non-hydrogen) atoms. The zero-order valence-corrected chi connectivity index (χ0v) is 14.1. The Hall–Kier alpha value is -1.38. The topological polar surface area (TPSA) is 70.0 Å². The summed E-state index contributed by atoms with van der Waals surface area (Å²) in [5, 5.41) is 9.38. The first-order valence-electron chi connectivity index (χ1n) is 7.15. The molecule has 1 atom stereocenters. The first kappa shape index (κ1) is 16.0. The Balaban J connectivity index is 2.53. The molecule has 1 aliphatic rings. The molecule has 0 amide bonds. The average Bonchev–Trinajstić information content (AvgIpc) is 3.20. The lowest BCUT2D eigenvalue weighted by atomic mass is 10.0. The molecular formula is C16H22N2O2S. The minimum Gasteiger partial charge on any atom is -0.207 e. The fraction of sp³-hybridized carbons (Fsp3) is 0.562.